The van der Waals surface area contributed by atoms with Gasteiger partial charge in [0.25, 0.3) is 0 Å². The maximum Gasteiger partial charge on any atom is 0.225 e. The molecule has 1 aliphatic heterocycles. The first-order valence-electron chi connectivity index (χ1n) is 7.10. The van der Waals surface area contributed by atoms with Crippen molar-refractivity contribution in [3.8, 4) is 11.3 Å². The molecule has 3 rings (SSSR count). The minimum absolute atomic E-state index is 0.0559. The number of para-hydroxylation sites is 1. The molecule has 0 atom stereocenters. The SMILES string of the molecule is CC(=O)Nc1cnn2c1-c1ccccc1N(C(C)=O)C2(C)C. The Hall–Kier alpha value is -2.63. The molecule has 1 aromatic heterocycles. The lowest BCUT2D eigenvalue weighted by molar-refractivity contribution is -0.118. The van der Waals surface area contributed by atoms with Crippen LogP contribution in [0.15, 0.2) is 30.5 Å². The van der Waals surface area contributed by atoms with E-state index in [4.69, 9.17) is 0 Å². The molecule has 0 fully saturated rings. The third-order valence-electron chi connectivity index (χ3n) is 3.86. The number of rotatable bonds is 1. The number of anilines is 2. The van der Waals surface area contributed by atoms with Gasteiger partial charge in [0, 0.05) is 19.4 Å². The molecule has 2 aromatic rings. The van der Waals surface area contributed by atoms with Crippen molar-refractivity contribution in [3.63, 3.8) is 0 Å². The van der Waals surface area contributed by atoms with Gasteiger partial charge in [0.15, 0.2) is 0 Å². The predicted molar refractivity (Wildman–Crippen MR) is 84.4 cm³/mol. The number of hydrogen-bond acceptors (Lipinski definition) is 3. The van der Waals surface area contributed by atoms with Crippen molar-refractivity contribution in [1.29, 1.82) is 0 Å². The Morgan fingerprint density at radius 3 is 2.50 bits per heavy atom. The minimum Gasteiger partial charge on any atom is -0.323 e. The second-order valence-corrected chi connectivity index (χ2v) is 5.87. The zero-order valence-corrected chi connectivity index (χ0v) is 13.0. The lowest BCUT2D eigenvalue weighted by Crippen LogP contribution is -2.52. The van der Waals surface area contributed by atoms with E-state index in [1.807, 2.05) is 38.1 Å². The lowest BCUT2D eigenvalue weighted by Gasteiger charge is -2.43. The van der Waals surface area contributed by atoms with Crippen LogP contribution >= 0.6 is 0 Å². The molecule has 1 N–H and O–H groups in total. The van der Waals surface area contributed by atoms with Gasteiger partial charge >= 0.3 is 0 Å². The molecule has 0 bridgehead atoms. The van der Waals surface area contributed by atoms with E-state index >= 15 is 0 Å². The topological polar surface area (TPSA) is 67.2 Å². The van der Waals surface area contributed by atoms with E-state index in [0.717, 1.165) is 16.9 Å². The largest absolute Gasteiger partial charge is 0.323 e. The Bertz CT molecular complexity index is 776. The normalized spacial score (nSPS) is 15.0. The molecule has 0 aliphatic carbocycles. The Kier molecular flexibility index (Phi) is 3.05. The number of nitrogens with zero attached hydrogens (tertiary/aromatic N) is 3. The fourth-order valence-electron chi connectivity index (χ4n) is 3.12. The Morgan fingerprint density at radius 2 is 1.86 bits per heavy atom. The van der Waals surface area contributed by atoms with Gasteiger partial charge in [-0.05, 0) is 19.9 Å². The van der Waals surface area contributed by atoms with E-state index in [2.05, 4.69) is 10.4 Å². The van der Waals surface area contributed by atoms with Crippen LogP contribution in [-0.2, 0) is 15.3 Å². The van der Waals surface area contributed by atoms with Gasteiger partial charge in [-0.1, -0.05) is 18.2 Å². The highest BCUT2D eigenvalue weighted by Gasteiger charge is 2.41. The number of benzene rings is 1. The molecular formula is C16H18N4O2. The first kappa shape index (κ1) is 14.3. The van der Waals surface area contributed by atoms with E-state index in [1.165, 1.54) is 6.92 Å². The zero-order chi connectivity index (χ0) is 16.1. The van der Waals surface area contributed by atoms with Crippen molar-refractivity contribution in [2.45, 2.75) is 33.4 Å². The van der Waals surface area contributed by atoms with Crippen LogP contribution in [-0.4, -0.2) is 21.6 Å². The molecular weight excluding hydrogens is 280 g/mol. The van der Waals surface area contributed by atoms with E-state index in [1.54, 1.807) is 22.7 Å². The fraction of sp³-hybridized carbons (Fsp3) is 0.312. The molecule has 6 nitrogen and oxygen atoms in total. The third kappa shape index (κ3) is 1.91. The second-order valence-electron chi connectivity index (χ2n) is 5.87. The Labute approximate surface area is 128 Å². The second kappa shape index (κ2) is 4.69. The number of carbonyl (C=O) groups is 2. The summed E-state index contributed by atoms with van der Waals surface area (Å²) in [6, 6.07) is 7.64. The first-order chi connectivity index (χ1) is 10.3. The molecule has 0 saturated carbocycles. The fourth-order valence-corrected chi connectivity index (χ4v) is 3.12. The highest BCUT2D eigenvalue weighted by atomic mass is 16.2. The number of aromatic nitrogens is 2. The molecule has 1 aliphatic rings. The highest BCUT2D eigenvalue weighted by Crippen LogP contribution is 2.45. The smallest absolute Gasteiger partial charge is 0.225 e. The molecule has 0 spiro atoms. The number of amides is 2. The first-order valence-corrected chi connectivity index (χ1v) is 7.10. The Morgan fingerprint density at radius 1 is 1.18 bits per heavy atom. The van der Waals surface area contributed by atoms with Crippen molar-refractivity contribution in [3.05, 3.63) is 30.5 Å². The van der Waals surface area contributed by atoms with Crippen molar-refractivity contribution >= 4 is 23.2 Å². The summed E-state index contributed by atoms with van der Waals surface area (Å²) >= 11 is 0. The lowest BCUT2D eigenvalue weighted by atomic mass is 9.99. The zero-order valence-electron chi connectivity index (χ0n) is 13.0. The van der Waals surface area contributed by atoms with Gasteiger partial charge < -0.3 is 5.32 Å². The molecule has 1 aromatic carbocycles. The number of nitrogens with one attached hydrogen (secondary N) is 1. The summed E-state index contributed by atoms with van der Waals surface area (Å²) in [6.07, 6.45) is 1.62. The average Bonchev–Trinajstić information content (AvgIpc) is 2.82. The predicted octanol–water partition coefficient (Wildman–Crippen LogP) is 2.57. The molecule has 2 heterocycles. The summed E-state index contributed by atoms with van der Waals surface area (Å²) in [7, 11) is 0. The summed E-state index contributed by atoms with van der Waals surface area (Å²) in [5.74, 6) is -0.209. The molecule has 0 unspecified atom stereocenters. The Balaban J connectivity index is 2.31. The van der Waals surface area contributed by atoms with Crippen LogP contribution in [0.25, 0.3) is 11.3 Å². The number of hydrogen-bond donors (Lipinski definition) is 1. The van der Waals surface area contributed by atoms with Crippen LogP contribution in [0.2, 0.25) is 0 Å². The third-order valence-corrected chi connectivity index (χ3v) is 3.86. The molecule has 114 valence electrons. The molecule has 2 amide bonds. The van der Waals surface area contributed by atoms with Gasteiger partial charge in [0.2, 0.25) is 11.8 Å². The van der Waals surface area contributed by atoms with Gasteiger partial charge in [0.1, 0.15) is 5.66 Å². The van der Waals surface area contributed by atoms with Crippen LogP contribution < -0.4 is 10.2 Å². The molecule has 6 heteroatoms. The quantitative estimate of drug-likeness (QED) is 0.880. The van der Waals surface area contributed by atoms with Crippen molar-refractivity contribution in [2.24, 2.45) is 0 Å². The summed E-state index contributed by atoms with van der Waals surface area (Å²) in [6.45, 7) is 6.87. The van der Waals surface area contributed by atoms with Gasteiger partial charge in [-0.15, -0.1) is 0 Å². The van der Waals surface area contributed by atoms with Crippen LogP contribution in [0, 0.1) is 0 Å². The van der Waals surface area contributed by atoms with E-state index in [-0.39, 0.29) is 11.8 Å². The molecule has 0 radical (unpaired) electrons. The maximum absolute atomic E-state index is 12.2. The summed E-state index contributed by atoms with van der Waals surface area (Å²) < 4.78 is 1.78. The highest BCUT2D eigenvalue weighted by molar-refractivity contribution is 6.02. The summed E-state index contributed by atoms with van der Waals surface area (Å²) in [5.41, 5.74) is 2.49. The van der Waals surface area contributed by atoms with E-state index in [0.29, 0.717) is 5.69 Å². The van der Waals surface area contributed by atoms with Crippen LogP contribution in [0.5, 0.6) is 0 Å². The summed E-state index contributed by atoms with van der Waals surface area (Å²) in [4.78, 5) is 25.3. The van der Waals surface area contributed by atoms with Gasteiger partial charge in [-0.25, -0.2) is 4.68 Å². The molecule has 22 heavy (non-hydrogen) atoms. The monoisotopic (exact) mass is 298 g/mol. The molecule has 0 saturated heterocycles. The van der Waals surface area contributed by atoms with Gasteiger partial charge in [-0.2, -0.15) is 5.10 Å². The van der Waals surface area contributed by atoms with Crippen LogP contribution in [0.3, 0.4) is 0 Å². The van der Waals surface area contributed by atoms with Crippen molar-refractivity contribution in [1.82, 2.24) is 9.78 Å². The van der Waals surface area contributed by atoms with Crippen molar-refractivity contribution < 1.29 is 9.59 Å². The number of fused-ring (bicyclic) bond motifs is 3. The standard InChI is InChI=1S/C16H18N4O2/c1-10(21)18-13-9-17-20-15(13)12-7-5-6-8-14(12)19(11(2)22)16(20,3)4/h5-9H,1-4H3,(H,18,21). The van der Waals surface area contributed by atoms with Gasteiger partial charge in [0.05, 0.1) is 23.3 Å². The van der Waals surface area contributed by atoms with Crippen LogP contribution in [0.1, 0.15) is 27.7 Å². The maximum atomic E-state index is 12.2. The average molecular weight is 298 g/mol. The van der Waals surface area contributed by atoms with Crippen molar-refractivity contribution in [2.75, 3.05) is 10.2 Å². The number of carbonyl (C=O) groups excluding carboxylic acids is 2. The van der Waals surface area contributed by atoms with E-state index < -0.39 is 5.66 Å². The minimum atomic E-state index is -0.660. The van der Waals surface area contributed by atoms with E-state index in [9.17, 15) is 9.59 Å². The van der Waals surface area contributed by atoms with Gasteiger partial charge in [-0.3, -0.25) is 14.5 Å². The summed E-state index contributed by atoms with van der Waals surface area (Å²) in [5, 5.41) is 7.21. The van der Waals surface area contributed by atoms with Crippen LogP contribution in [0.4, 0.5) is 11.4 Å².